The van der Waals surface area contributed by atoms with Gasteiger partial charge >= 0.3 is 16.3 Å². The molecule has 4 nitrogen and oxygen atoms in total. The molecule has 0 saturated carbocycles. The summed E-state index contributed by atoms with van der Waals surface area (Å²) < 4.78 is 70.2. The first kappa shape index (κ1) is 14.0. The third-order valence-corrected chi connectivity index (χ3v) is 4.34. The number of halogens is 3. The van der Waals surface area contributed by atoms with Crippen LogP contribution in [0.3, 0.4) is 0 Å². The minimum atomic E-state index is -4.56. The Morgan fingerprint density at radius 3 is 2.68 bits per heavy atom. The van der Waals surface area contributed by atoms with Crippen molar-refractivity contribution in [2.24, 2.45) is 0 Å². The Balaban J connectivity index is 2.39. The SMILES string of the molecule is COc1cccc2c1OS(=O)(=O)C(CC(F)(F)F)C2. The van der Waals surface area contributed by atoms with Crippen LogP contribution in [0.4, 0.5) is 13.2 Å². The van der Waals surface area contributed by atoms with E-state index in [1.807, 2.05) is 0 Å². The van der Waals surface area contributed by atoms with Gasteiger partial charge in [-0.25, -0.2) is 0 Å². The lowest BCUT2D eigenvalue weighted by atomic mass is 10.1. The summed E-state index contributed by atoms with van der Waals surface area (Å²) in [5.41, 5.74) is 0.392. The summed E-state index contributed by atoms with van der Waals surface area (Å²) in [4.78, 5) is 0. The summed E-state index contributed by atoms with van der Waals surface area (Å²) in [5, 5.41) is -1.62. The monoisotopic (exact) mass is 296 g/mol. The van der Waals surface area contributed by atoms with Crippen molar-refractivity contribution in [3.63, 3.8) is 0 Å². The van der Waals surface area contributed by atoms with Gasteiger partial charge in [-0.15, -0.1) is 0 Å². The molecule has 106 valence electrons. The van der Waals surface area contributed by atoms with Crippen LogP contribution in [0, 0.1) is 0 Å². The number of rotatable bonds is 2. The molecule has 0 spiro atoms. The first-order valence-electron chi connectivity index (χ1n) is 5.39. The Morgan fingerprint density at radius 2 is 2.11 bits per heavy atom. The lowest BCUT2D eigenvalue weighted by Gasteiger charge is -2.26. The zero-order valence-corrected chi connectivity index (χ0v) is 10.7. The van der Waals surface area contributed by atoms with E-state index in [0.717, 1.165) is 0 Å². The predicted octanol–water partition coefficient (Wildman–Crippen LogP) is 2.28. The summed E-state index contributed by atoms with van der Waals surface area (Å²) in [6.45, 7) is 0. The van der Waals surface area contributed by atoms with Gasteiger partial charge in [0.25, 0.3) is 0 Å². The highest BCUT2D eigenvalue weighted by Crippen LogP contribution is 2.40. The molecule has 8 heteroatoms. The van der Waals surface area contributed by atoms with Gasteiger partial charge in [-0.1, -0.05) is 12.1 Å². The summed E-state index contributed by atoms with van der Waals surface area (Å²) in [5.74, 6) is 0.162. The average Bonchev–Trinajstić information content (AvgIpc) is 2.27. The van der Waals surface area contributed by atoms with Gasteiger partial charge in [0.1, 0.15) is 5.25 Å². The van der Waals surface area contributed by atoms with E-state index in [9.17, 15) is 21.6 Å². The maximum atomic E-state index is 12.4. The minimum Gasteiger partial charge on any atom is -0.493 e. The highest BCUT2D eigenvalue weighted by Gasteiger charge is 2.43. The minimum absolute atomic E-state index is 0.0246. The lowest BCUT2D eigenvalue weighted by molar-refractivity contribution is -0.134. The molecule has 19 heavy (non-hydrogen) atoms. The molecule has 1 atom stereocenters. The van der Waals surface area contributed by atoms with Crippen molar-refractivity contribution in [2.75, 3.05) is 7.11 Å². The molecule has 1 aliphatic heterocycles. The summed E-state index contributed by atoms with van der Waals surface area (Å²) in [7, 11) is -2.98. The van der Waals surface area contributed by atoms with Crippen LogP contribution in [0.5, 0.6) is 11.5 Å². The second-order valence-corrected chi connectivity index (χ2v) is 5.99. The van der Waals surface area contributed by atoms with Crippen molar-refractivity contribution in [3.05, 3.63) is 23.8 Å². The normalized spacial score (nSPS) is 21.4. The van der Waals surface area contributed by atoms with Gasteiger partial charge < -0.3 is 8.92 Å². The van der Waals surface area contributed by atoms with Gasteiger partial charge in [0.2, 0.25) is 0 Å². The molecule has 2 rings (SSSR count). The molecular weight excluding hydrogens is 285 g/mol. The van der Waals surface area contributed by atoms with Gasteiger partial charge in [0, 0.05) is 5.56 Å². The summed E-state index contributed by atoms with van der Waals surface area (Å²) in [6, 6.07) is 4.58. The number of fused-ring (bicyclic) bond motifs is 1. The first-order valence-corrected chi connectivity index (χ1v) is 6.86. The van der Waals surface area contributed by atoms with E-state index in [1.165, 1.54) is 19.2 Å². The second-order valence-electron chi connectivity index (χ2n) is 4.17. The zero-order valence-electron chi connectivity index (χ0n) is 9.90. The first-order chi connectivity index (χ1) is 8.73. The molecule has 0 aromatic heterocycles. The third-order valence-electron chi connectivity index (χ3n) is 2.79. The van der Waals surface area contributed by atoms with Gasteiger partial charge in [-0.2, -0.15) is 21.6 Å². The van der Waals surface area contributed by atoms with Crippen LogP contribution in [-0.4, -0.2) is 27.0 Å². The van der Waals surface area contributed by atoms with Crippen molar-refractivity contribution in [1.82, 2.24) is 0 Å². The van der Waals surface area contributed by atoms with E-state index in [-0.39, 0.29) is 17.9 Å². The standard InChI is InChI=1S/C11H11F3O4S/c1-17-9-4-2-3-7-5-8(6-11(12,13)14)19(15,16)18-10(7)9/h2-4,8H,5-6H2,1H3. The largest absolute Gasteiger partial charge is 0.493 e. The maximum Gasteiger partial charge on any atom is 0.390 e. The number of hydrogen-bond donors (Lipinski definition) is 0. The smallest absolute Gasteiger partial charge is 0.390 e. The van der Waals surface area contributed by atoms with Crippen LogP contribution in [-0.2, 0) is 16.5 Å². The summed E-state index contributed by atoms with van der Waals surface area (Å²) >= 11 is 0. The van der Waals surface area contributed by atoms with Crippen LogP contribution in [0.15, 0.2) is 18.2 Å². The molecule has 1 unspecified atom stereocenters. The van der Waals surface area contributed by atoms with Crippen molar-refractivity contribution >= 4 is 10.1 Å². The van der Waals surface area contributed by atoms with Crippen LogP contribution in [0.2, 0.25) is 0 Å². The number of para-hydroxylation sites is 1. The molecule has 0 amide bonds. The number of benzene rings is 1. The Kier molecular flexibility index (Phi) is 3.38. The van der Waals surface area contributed by atoms with Crippen molar-refractivity contribution in [1.29, 1.82) is 0 Å². The van der Waals surface area contributed by atoms with Gasteiger partial charge in [0.05, 0.1) is 13.5 Å². The Morgan fingerprint density at radius 1 is 1.42 bits per heavy atom. The Bertz CT molecular complexity index is 580. The molecule has 0 aliphatic carbocycles. The Hall–Kier alpha value is -1.44. The quantitative estimate of drug-likeness (QED) is 0.786. The molecule has 0 bridgehead atoms. The molecule has 1 aliphatic rings. The zero-order chi connectivity index (χ0) is 14.3. The number of alkyl halides is 3. The molecule has 1 aromatic carbocycles. The molecular formula is C11H11F3O4S. The van der Waals surface area contributed by atoms with E-state index in [4.69, 9.17) is 8.92 Å². The molecule has 0 N–H and O–H groups in total. The fourth-order valence-corrected chi connectivity index (χ4v) is 3.28. The van der Waals surface area contributed by atoms with Gasteiger partial charge in [0.15, 0.2) is 11.5 Å². The van der Waals surface area contributed by atoms with Crippen LogP contribution < -0.4 is 8.92 Å². The molecule has 0 saturated heterocycles. The van der Waals surface area contributed by atoms with E-state index >= 15 is 0 Å². The predicted molar refractivity (Wildman–Crippen MR) is 60.7 cm³/mol. The van der Waals surface area contributed by atoms with E-state index < -0.39 is 28.0 Å². The third kappa shape index (κ3) is 2.94. The topological polar surface area (TPSA) is 52.6 Å². The number of methoxy groups -OCH3 is 1. The van der Waals surface area contributed by atoms with Crippen molar-refractivity contribution < 1.29 is 30.5 Å². The van der Waals surface area contributed by atoms with Gasteiger partial charge in [-0.05, 0) is 12.5 Å². The molecule has 0 fully saturated rings. The van der Waals surface area contributed by atoms with Crippen LogP contribution in [0.25, 0.3) is 0 Å². The van der Waals surface area contributed by atoms with Crippen LogP contribution >= 0.6 is 0 Å². The van der Waals surface area contributed by atoms with Crippen molar-refractivity contribution in [2.45, 2.75) is 24.3 Å². The van der Waals surface area contributed by atoms with Crippen LogP contribution in [0.1, 0.15) is 12.0 Å². The highest BCUT2D eigenvalue weighted by molar-refractivity contribution is 7.87. The fourth-order valence-electron chi connectivity index (χ4n) is 1.94. The van der Waals surface area contributed by atoms with E-state index in [2.05, 4.69) is 0 Å². The summed E-state index contributed by atoms with van der Waals surface area (Å²) in [6.07, 6.45) is -6.22. The van der Waals surface area contributed by atoms with Crippen molar-refractivity contribution in [3.8, 4) is 11.5 Å². The maximum absolute atomic E-state index is 12.4. The van der Waals surface area contributed by atoms with E-state index in [0.29, 0.717) is 5.56 Å². The fraction of sp³-hybridized carbons (Fsp3) is 0.455. The van der Waals surface area contributed by atoms with Gasteiger partial charge in [-0.3, -0.25) is 0 Å². The number of ether oxygens (including phenoxy) is 1. The number of hydrogen-bond acceptors (Lipinski definition) is 4. The lowest BCUT2D eigenvalue weighted by Crippen LogP contribution is -2.36. The van der Waals surface area contributed by atoms with E-state index in [1.54, 1.807) is 6.07 Å². The highest BCUT2D eigenvalue weighted by atomic mass is 32.2. The molecule has 0 radical (unpaired) electrons. The average molecular weight is 296 g/mol. The molecule has 1 heterocycles. The Labute approximate surface area is 108 Å². The molecule has 1 aromatic rings. The second kappa shape index (κ2) is 4.59.